The summed E-state index contributed by atoms with van der Waals surface area (Å²) in [5, 5.41) is 0. The third kappa shape index (κ3) is 2.14. The molecule has 4 heteroatoms. The Bertz CT molecular complexity index is 229. The Morgan fingerprint density at radius 2 is 1.64 bits per heavy atom. The van der Waals surface area contributed by atoms with E-state index < -0.39 is 0 Å². The van der Waals surface area contributed by atoms with E-state index in [1.54, 1.807) is 0 Å². The van der Waals surface area contributed by atoms with Gasteiger partial charge in [0.1, 0.15) is 11.6 Å². The molecule has 11 heavy (non-hydrogen) atoms. The van der Waals surface area contributed by atoms with Crippen LogP contribution in [-0.4, -0.2) is 21.6 Å². The molecule has 0 aliphatic rings. The van der Waals surface area contributed by atoms with E-state index in [2.05, 4.69) is 15.0 Å². The van der Waals surface area contributed by atoms with Gasteiger partial charge in [0, 0.05) is 0 Å². The van der Waals surface area contributed by atoms with E-state index in [-0.39, 0.29) is 0 Å². The quantitative estimate of drug-likeness (QED) is 0.633. The summed E-state index contributed by atoms with van der Waals surface area (Å²) in [5.74, 6) is 1.39. The van der Waals surface area contributed by atoms with Crippen molar-refractivity contribution in [3.8, 4) is 6.01 Å². The fourth-order valence-corrected chi connectivity index (χ4v) is 0.780. The van der Waals surface area contributed by atoms with Crippen LogP contribution in [0.1, 0.15) is 18.6 Å². The van der Waals surface area contributed by atoms with Crippen molar-refractivity contribution in [3.63, 3.8) is 0 Å². The molecule has 0 fully saturated rings. The molecule has 1 rings (SSSR count). The van der Waals surface area contributed by atoms with Crippen molar-refractivity contribution in [2.45, 2.75) is 20.8 Å². The summed E-state index contributed by atoms with van der Waals surface area (Å²) in [7, 11) is 0. The van der Waals surface area contributed by atoms with Crippen LogP contribution in [-0.2, 0) is 0 Å². The number of nitrogens with zero attached hydrogens (tertiary/aromatic N) is 3. The Balaban J connectivity index is 2.89. The van der Waals surface area contributed by atoms with Crippen LogP contribution in [0.3, 0.4) is 0 Å². The lowest BCUT2D eigenvalue weighted by molar-refractivity contribution is 0.309. The van der Waals surface area contributed by atoms with E-state index in [0.717, 1.165) is 0 Å². The molecule has 0 aliphatic heterocycles. The van der Waals surface area contributed by atoms with Crippen molar-refractivity contribution in [3.05, 3.63) is 11.6 Å². The molecule has 0 aliphatic carbocycles. The maximum absolute atomic E-state index is 5.11. The molecule has 1 heterocycles. The van der Waals surface area contributed by atoms with Crippen molar-refractivity contribution in [1.29, 1.82) is 0 Å². The summed E-state index contributed by atoms with van der Waals surface area (Å²) in [5.41, 5.74) is 0. The average molecular weight is 153 g/mol. The zero-order valence-electron chi connectivity index (χ0n) is 6.96. The summed E-state index contributed by atoms with van der Waals surface area (Å²) >= 11 is 0. The molecule has 0 unspecified atom stereocenters. The smallest absolute Gasteiger partial charge is 0.319 e. The van der Waals surface area contributed by atoms with Crippen LogP contribution < -0.4 is 4.74 Å². The molecule has 0 aromatic carbocycles. The van der Waals surface area contributed by atoms with Gasteiger partial charge in [-0.15, -0.1) is 0 Å². The fourth-order valence-electron chi connectivity index (χ4n) is 0.780. The summed E-state index contributed by atoms with van der Waals surface area (Å²) in [6.45, 7) is 6.12. The van der Waals surface area contributed by atoms with Crippen LogP contribution in [0.4, 0.5) is 0 Å². The van der Waals surface area contributed by atoms with Gasteiger partial charge in [-0.25, -0.2) is 4.98 Å². The van der Waals surface area contributed by atoms with Gasteiger partial charge in [0.2, 0.25) is 0 Å². The molecule has 0 N–H and O–H groups in total. The summed E-state index contributed by atoms with van der Waals surface area (Å²) < 4.78 is 5.11. The minimum Gasteiger partial charge on any atom is -0.464 e. The minimum atomic E-state index is 0.414. The van der Waals surface area contributed by atoms with Crippen LogP contribution >= 0.6 is 0 Å². The van der Waals surface area contributed by atoms with Gasteiger partial charge in [0.05, 0.1) is 6.61 Å². The van der Waals surface area contributed by atoms with Gasteiger partial charge in [-0.05, 0) is 20.8 Å². The molecule has 0 atom stereocenters. The second-order valence-electron chi connectivity index (χ2n) is 2.15. The third-order valence-corrected chi connectivity index (χ3v) is 1.11. The number of aromatic nitrogens is 3. The molecule has 0 radical (unpaired) electrons. The van der Waals surface area contributed by atoms with Crippen LogP contribution in [0, 0.1) is 13.8 Å². The average Bonchev–Trinajstić information content (AvgIpc) is 1.85. The van der Waals surface area contributed by atoms with E-state index in [9.17, 15) is 0 Å². The fraction of sp³-hybridized carbons (Fsp3) is 0.571. The van der Waals surface area contributed by atoms with Crippen molar-refractivity contribution < 1.29 is 4.74 Å². The van der Waals surface area contributed by atoms with E-state index in [4.69, 9.17) is 4.74 Å². The standard InChI is InChI=1S/C7H11N3O/c1-4-11-7-9-5(2)8-6(3)10-7/h4H2,1-3H3. The molecule has 1 aromatic heterocycles. The minimum absolute atomic E-state index is 0.414. The zero-order chi connectivity index (χ0) is 8.27. The molecule has 1 aromatic rings. The van der Waals surface area contributed by atoms with Crippen molar-refractivity contribution in [2.24, 2.45) is 0 Å². The topological polar surface area (TPSA) is 47.9 Å². The van der Waals surface area contributed by atoms with Crippen molar-refractivity contribution in [2.75, 3.05) is 6.61 Å². The lowest BCUT2D eigenvalue weighted by Crippen LogP contribution is -2.02. The molecule has 0 spiro atoms. The highest BCUT2D eigenvalue weighted by molar-refractivity contribution is 4.98. The Hall–Kier alpha value is -1.19. The Morgan fingerprint density at radius 1 is 1.09 bits per heavy atom. The number of hydrogen-bond acceptors (Lipinski definition) is 4. The van der Waals surface area contributed by atoms with Gasteiger partial charge in [-0.2, -0.15) is 9.97 Å². The van der Waals surface area contributed by atoms with Crippen LogP contribution in [0.5, 0.6) is 6.01 Å². The van der Waals surface area contributed by atoms with Crippen LogP contribution in [0.25, 0.3) is 0 Å². The molecule has 0 saturated carbocycles. The summed E-state index contributed by atoms with van der Waals surface area (Å²) in [6.07, 6.45) is 0. The third-order valence-electron chi connectivity index (χ3n) is 1.11. The van der Waals surface area contributed by atoms with Crippen LogP contribution in [0.2, 0.25) is 0 Å². The second kappa shape index (κ2) is 3.27. The lowest BCUT2D eigenvalue weighted by atomic mass is 10.6. The number of hydrogen-bond donors (Lipinski definition) is 0. The number of aryl methyl sites for hydroxylation is 2. The highest BCUT2D eigenvalue weighted by Crippen LogP contribution is 2.01. The van der Waals surface area contributed by atoms with Gasteiger partial charge in [0.25, 0.3) is 0 Å². The largest absolute Gasteiger partial charge is 0.464 e. The first-order valence-corrected chi connectivity index (χ1v) is 3.54. The number of rotatable bonds is 2. The first kappa shape index (κ1) is 7.91. The van der Waals surface area contributed by atoms with Gasteiger partial charge in [0.15, 0.2) is 0 Å². The van der Waals surface area contributed by atoms with Gasteiger partial charge in [-0.3, -0.25) is 0 Å². The predicted octanol–water partition coefficient (Wildman–Crippen LogP) is 0.887. The monoisotopic (exact) mass is 153 g/mol. The van der Waals surface area contributed by atoms with Crippen LogP contribution in [0.15, 0.2) is 0 Å². The highest BCUT2D eigenvalue weighted by Gasteiger charge is 1.98. The van der Waals surface area contributed by atoms with Crippen molar-refractivity contribution in [1.82, 2.24) is 15.0 Å². The first-order chi connectivity index (χ1) is 5.22. The molecule has 0 amide bonds. The Labute approximate surface area is 65.7 Å². The summed E-state index contributed by atoms with van der Waals surface area (Å²) in [6, 6.07) is 0.414. The number of ether oxygens (including phenoxy) is 1. The Kier molecular flexibility index (Phi) is 2.36. The molecular weight excluding hydrogens is 142 g/mol. The Morgan fingerprint density at radius 3 is 2.09 bits per heavy atom. The maximum atomic E-state index is 5.11. The van der Waals surface area contributed by atoms with Gasteiger partial charge < -0.3 is 4.74 Å². The molecule has 4 nitrogen and oxygen atoms in total. The SMILES string of the molecule is CCOc1nc(C)nc(C)n1. The van der Waals surface area contributed by atoms with E-state index in [0.29, 0.717) is 24.3 Å². The molecule has 60 valence electrons. The predicted molar refractivity (Wildman–Crippen MR) is 40.5 cm³/mol. The van der Waals surface area contributed by atoms with E-state index in [1.165, 1.54) is 0 Å². The van der Waals surface area contributed by atoms with E-state index in [1.807, 2.05) is 20.8 Å². The van der Waals surface area contributed by atoms with Gasteiger partial charge >= 0.3 is 6.01 Å². The highest BCUT2D eigenvalue weighted by atomic mass is 16.5. The zero-order valence-corrected chi connectivity index (χ0v) is 6.96. The first-order valence-electron chi connectivity index (χ1n) is 3.54. The molecule has 0 bridgehead atoms. The van der Waals surface area contributed by atoms with Gasteiger partial charge in [-0.1, -0.05) is 0 Å². The second-order valence-corrected chi connectivity index (χ2v) is 2.15. The van der Waals surface area contributed by atoms with E-state index >= 15 is 0 Å². The molecular formula is C7H11N3O. The maximum Gasteiger partial charge on any atom is 0.319 e. The van der Waals surface area contributed by atoms with Crippen molar-refractivity contribution >= 4 is 0 Å². The molecule has 0 saturated heterocycles. The summed E-state index contributed by atoms with van der Waals surface area (Å²) in [4.78, 5) is 12.0. The normalized spacial score (nSPS) is 9.73. The lowest BCUT2D eigenvalue weighted by Gasteiger charge is -2.01.